The molecule has 0 saturated carbocycles. The van der Waals surface area contributed by atoms with Gasteiger partial charge in [-0.25, -0.2) is 0 Å². The van der Waals surface area contributed by atoms with E-state index in [2.05, 4.69) is 12.2 Å². The number of nitrogens with zero attached hydrogens (tertiary/aromatic N) is 1. The van der Waals surface area contributed by atoms with Crippen molar-refractivity contribution in [2.24, 2.45) is 5.92 Å². The number of likely N-dealkylation sites (tertiary alicyclic amines) is 1. The van der Waals surface area contributed by atoms with Gasteiger partial charge < -0.3 is 16.0 Å². The fourth-order valence-corrected chi connectivity index (χ4v) is 2.82. The monoisotopic (exact) mass is 289 g/mol. The third-order valence-electron chi connectivity index (χ3n) is 3.90. The second-order valence-electron chi connectivity index (χ2n) is 5.72. The summed E-state index contributed by atoms with van der Waals surface area (Å²) in [6, 6.07) is 5.49. The molecule has 114 valence electrons. The first-order valence-corrected chi connectivity index (χ1v) is 7.44. The van der Waals surface area contributed by atoms with E-state index in [9.17, 15) is 9.59 Å². The van der Waals surface area contributed by atoms with Crippen molar-refractivity contribution in [3.63, 3.8) is 0 Å². The Labute approximate surface area is 125 Å². The molecule has 2 amide bonds. The zero-order chi connectivity index (χ0) is 15.4. The number of hydrogen-bond acceptors (Lipinski definition) is 3. The molecule has 21 heavy (non-hydrogen) atoms. The summed E-state index contributed by atoms with van der Waals surface area (Å²) in [4.78, 5) is 25.7. The van der Waals surface area contributed by atoms with Gasteiger partial charge in [0.1, 0.15) is 0 Å². The van der Waals surface area contributed by atoms with E-state index in [0.29, 0.717) is 30.3 Å². The molecule has 1 aromatic carbocycles. The molecule has 3 N–H and O–H groups in total. The molecular weight excluding hydrogens is 266 g/mol. The number of nitrogen functional groups attached to an aromatic ring is 1. The van der Waals surface area contributed by atoms with E-state index in [1.54, 1.807) is 11.0 Å². The van der Waals surface area contributed by atoms with Gasteiger partial charge in [0.05, 0.1) is 17.9 Å². The summed E-state index contributed by atoms with van der Waals surface area (Å²) < 4.78 is 0. The summed E-state index contributed by atoms with van der Waals surface area (Å²) in [5, 5.41) is 2.81. The zero-order valence-corrected chi connectivity index (χ0v) is 12.7. The van der Waals surface area contributed by atoms with Crippen LogP contribution in [0.4, 0.5) is 11.4 Å². The number of benzene rings is 1. The predicted octanol–water partition coefficient (Wildman–Crippen LogP) is 2.16. The summed E-state index contributed by atoms with van der Waals surface area (Å²) in [5.74, 6) is 0.265. The molecule has 0 spiro atoms. The van der Waals surface area contributed by atoms with Crippen LogP contribution in [-0.4, -0.2) is 29.8 Å². The summed E-state index contributed by atoms with van der Waals surface area (Å²) in [6.07, 6.45) is 2.67. The van der Waals surface area contributed by atoms with Crippen molar-refractivity contribution in [3.8, 4) is 0 Å². The largest absolute Gasteiger partial charge is 0.397 e. The smallest absolute Gasteiger partial charge is 0.244 e. The first kappa shape index (κ1) is 15.4. The van der Waals surface area contributed by atoms with Crippen molar-refractivity contribution in [1.29, 1.82) is 0 Å². The van der Waals surface area contributed by atoms with Gasteiger partial charge in [-0.3, -0.25) is 9.59 Å². The lowest BCUT2D eigenvalue weighted by Crippen LogP contribution is -2.34. The number of nitrogens with two attached hydrogens (primary N) is 1. The fraction of sp³-hybridized carbons (Fsp3) is 0.500. The van der Waals surface area contributed by atoms with E-state index in [-0.39, 0.29) is 18.4 Å². The van der Waals surface area contributed by atoms with Gasteiger partial charge in [0, 0.05) is 13.0 Å². The number of nitrogens with one attached hydrogen (secondary N) is 1. The standard InChI is InChI=1S/C16H23N3O2/c1-3-5-12-8-15(21)19(9-12)10-14(20)18-16-11(2)6-4-7-13(16)17/h4,6-7,12H,3,5,8-10,17H2,1-2H3,(H,18,20). The lowest BCUT2D eigenvalue weighted by atomic mass is 10.0. The lowest BCUT2D eigenvalue weighted by Gasteiger charge is -2.17. The Morgan fingerprint density at radius 3 is 2.90 bits per heavy atom. The number of hydrogen-bond donors (Lipinski definition) is 2. The number of aryl methyl sites for hydroxylation is 1. The Hall–Kier alpha value is -2.04. The van der Waals surface area contributed by atoms with Gasteiger partial charge in [-0.2, -0.15) is 0 Å². The van der Waals surface area contributed by atoms with Gasteiger partial charge in [0.2, 0.25) is 11.8 Å². The van der Waals surface area contributed by atoms with E-state index in [1.807, 2.05) is 19.1 Å². The molecule has 2 rings (SSSR count). The number of para-hydroxylation sites is 1. The van der Waals surface area contributed by atoms with Crippen LogP contribution < -0.4 is 11.1 Å². The van der Waals surface area contributed by atoms with Crippen molar-refractivity contribution < 1.29 is 9.59 Å². The van der Waals surface area contributed by atoms with Crippen molar-refractivity contribution in [1.82, 2.24) is 4.90 Å². The van der Waals surface area contributed by atoms with E-state index in [4.69, 9.17) is 5.73 Å². The maximum atomic E-state index is 12.1. The number of carbonyl (C=O) groups excluding carboxylic acids is 2. The van der Waals surface area contributed by atoms with Gasteiger partial charge in [-0.1, -0.05) is 25.5 Å². The molecule has 0 aromatic heterocycles. The van der Waals surface area contributed by atoms with Crippen LogP contribution in [0.5, 0.6) is 0 Å². The molecule has 1 heterocycles. The summed E-state index contributed by atoms with van der Waals surface area (Å²) >= 11 is 0. The Balaban J connectivity index is 1.95. The zero-order valence-electron chi connectivity index (χ0n) is 12.7. The van der Waals surface area contributed by atoms with Crippen molar-refractivity contribution in [2.45, 2.75) is 33.1 Å². The van der Waals surface area contributed by atoms with Crippen LogP contribution >= 0.6 is 0 Å². The first-order chi connectivity index (χ1) is 10.0. The van der Waals surface area contributed by atoms with E-state index in [0.717, 1.165) is 18.4 Å². The minimum Gasteiger partial charge on any atom is -0.397 e. The van der Waals surface area contributed by atoms with Crippen LogP contribution in [0.25, 0.3) is 0 Å². The van der Waals surface area contributed by atoms with Crippen molar-refractivity contribution >= 4 is 23.2 Å². The molecule has 0 radical (unpaired) electrons. The second kappa shape index (κ2) is 6.61. The Bertz CT molecular complexity index is 522. The maximum Gasteiger partial charge on any atom is 0.244 e. The number of amides is 2. The van der Waals surface area contributed by atoms with Crippen LogP contribution in [0.3, 0.4) is 0 Å². The van der Waals surface area contributed by atoms with Crippen LogP contribution in [0, 0.1) is 12.8 Å². The molecule has 5 heteroatoms. The fourth-order valence-electron chi connectivity index (χ4n) is 2.82. The number of carbonyl (C=O) groups is 2. The molecule has 5 nitrogen and oxygen atoms in total. The van der Waals surface area contributed by atoms with Crippen LogP contribution in [0.1, 0.15) is 31.7 Å². The van der Waals surface area contributed by atoms with E-state index >= 15 is 0 Å². The van der Waals surface area contributed by atoms with Crippen molar-refractivity contribution in [3.05, 3.63) is 23.8 Å². The average molecular weight is 289 g/mol. The maximum absolute atomic E-state index is 12.1. The van der Waals surface area contributed by atoms with Gasteiger partial charge in [0.15, 0.2) is 0 Å². The van der Waals surface area contributed by atoms with Gasteiger partial charge in [0.25, 0.3) is 0 Å². The normalized spacial score (nSPS) is 18.1. The summed E-state index contributed by atoms with van der Waals surface area (Å²) in [6.45, 7) is 4.79. The SMILES string of the molecule is CCCC1CC(=O)N(CC(=O)Nc2c(C)cccc2N)C1. The molecule has 1 aromatic rings. The predicted molar refractivity (Wildman–Crippen MR) is 83.8 cm³/mol. The molecular formula is C16H23N3O2. The highest BCUT2D eigenvalue weighted by molar-refractivity contribution is 5.97. The Morgan fingerprint density at radius 1 is 1.48 bits per heavy atom. The van der Waals surface area contributed by atoms with Gasteiger partial charge in [-0.05, 0) is 30.9 Å². The molecule has 1 aliphatic rings. The van der Waals surface area contributed by atoms with Crippen LogP contribution in [-0.2, 0) is 9.59 Å². The minimum absolute atomic E-state index is 0.0707. The second-order valence-corrected chi connectivity index (χ2v) is 5.72. The van der Waals surface area contributed by atoms with E-state index < -0.39 is 0 Å². The Kier molecular flexibility index (Phi) is 4.83. The molecule has 0 aliphatic carbocycles. The van der Waals surface area contributed by atoms with Gasteiger partial charge in [-0.15, -0.1) is 0 Å². The average Bonchev–Trinajstić information content (AvgIpc) is 2.75. The summed E-state index contributed by atoms with van der Waals surface area (Å²) in [5.41, 5.74) is 7.97. The highest BCUT2D eigenvalue weighted by Crippen LogP contribution is 2.24. The van der Waals surface area contributed by atoms with Crippen LogP contribution in [0.15, 0.2) is 18.2 Å². The molecule has 1 saturated heterocycles. The molecule has 1 atom stereocenters. The Morgan fingerprint density at radius 2 is 2.24 bits per heavy atom. The number of anilines is 2. The van der Waals surface area contributed by atoms with Gasteiger partial charge >= 0.3 is 0 Å². The topological polar surface area (TPSA) is 75.4 Å². The minimum atomic E-state index is -0.193. The quantitative estimate of drug-likeness (QED) is 0.816. The summed E-state index contributed by atoms with van der Waals surface area (Å²) in [7, 11) is 0. The molecule has 1 unspecified atom stereocenters. The molecule has 1 fully saturated rings. The third-order valence-corrected chi connectivity index (χ3v) is 3.90. The highest BCUT2D eigenvalue weighted by atomic mass is 16.2. The van der Waals surface area contributed by atoms with Crippen molar-refractivity contribution in [2.75, 3.05) is 24.1 Å². The highest BCUT2D eigenvalue weighted by Gasteiger charge is 2.30. The third kappa shape index (κ3) is 3.74. The molecule has 0 bridgehead atoms. The van der Waals surface area contributed by atoms with Crippen LogP contribution in [0.2, 0.25) is 0 Å². The first-order valence-electron chi connectivity index (χ1n) is 7.44. The lowest BCUT2D eigenvalue weighted by molar-refractivity contribution is -0.131. The number of rotatable bonds is 5. The van der Waals surface area contributed by atoms with E-state index in [1.165, 1.54) is 0 Å². The molecule has 1 aliphatic heterocycles.